The Morgan fingerprint density at radius 3 is 2.46 bits per heavy atom. The van der Waals surface area contributed by atoms with Crippen LogP contribution in [0, 0.1) is 0 Å². The van der Waals surface area contributed by atoms with Crippen molar-refractivity contribution in [2.75, 3.05) is 24.5 Å². The normalized spacial score (nSPS) is 18.6. The summed E-state index contributed by atoms with van der Waals surface area (Å²) >= 11 is 0. The first kappa shape index (κ1) is 15.6. The third kappa shape index (κ3) is 3.16. The Kier molecular flexibility index (Phi) is 4.49. The van der Waals surface area contributed by atoms with Crippen LogP contribution < -0.4 is 4.90 Å². The third-order valence-electron chi connectivity index (χ3n) is 5.11. The van der Waals surface area contributed by atoms with Gasteiger partial charge in [-0.2, -0.15) is 0 Å². The van der Waals surface area contributed by atoms with Gasteiger partial charge in [0.25, 0.3) is 0 Å². The minimum atomic E-state index is -0.0367. The number of aliphatic hydroxyl groups excluding tert-OH is 1. The molecule has 24 heavy (non-hydrogen) atoms. The van der Waals surface area contributed by atoms with Crippen LogP contribution in [0.2, 0.25) is 0 Å². The van der Waals surface area contributed by atoms with Crippen LogP contribution in [0.3, 0.4) is 0 Å². The molecule has 0 atom stereocenters. The van der Waals surface area contributed by atoms with E-state index in [9.17, 15) is 5.11 Å². The van der Waals surface area contributed by atoms with Crippen LogP contribution in [0.4, 0.5) is 5.69 Å². The van der Waals surface area contributed by atoms with E-state index in [1.807, 2.05) is 4.57 Å². The van der Waals surface area contributed by atoms with Crippen LogP contribution in [-0.4, -0.2) is 44.4 Å². The standard InChI is InChI=1S/C18H25N5O/c24-14-18-20-19-17-13-21(10-11-23(17)18)12-15-4-6-16(7-5-15)22-8-2-1-3-9-22/h4-7,24H,1-3,8-14H2. The first-order valence-electron chi connectivity index (χ1n) is 8.91. The van der Waals surface area contributed by atoms with Crippen LogP contribution >= 0.6 is 0 Å². The molecule has 128 valence electrons. The Morgan fingerprint density at radius 2 is 1.71 bits per heavy atom. The highest BCUT2D eigenvalue weighted by Crippen LogP contribution is 2.21. The first-order valence-corrected chi connectivity index (χ1v) is 8.91. The van der Waals surface area contributed by atoms with E-state index in [2.05, 4.69) is 44.3 Å². The van der Waals surface area contributed by atoms with Crippen molar-refractivity contribution in [1.82, 2.24) is 19.7 Å². The summed E-state index contributed by atoms with van der Waals surface area (Å²) in [6.07, 6.45) is 3.99. The molecule has 6 heteroatoms. The van der Waals surface area contributed by atoms with Gasteiger partial charge in [0.05, 0.1) is 6.54 Å². The van der Waals surface area contributed by atoms with E-state index in [-0.39, 0.29) is 6.61 Å². The van der Waals surface area contributed by atoms with Gasteiger partial charge in [-0.3, -0.25) is 4.90 Å². The molecule has 0 radical (unpaired) electrons. The van der Waals surface area contributed by atoms with Crippen molar-refractivity contribution in [1.29, 1.82) is 0 Å². The minimum Gasteiger partial charge on any atom is -0.388 e. The quantitative estimate of drug-likeness (QED) is 0.927. The maximum absolute atomic E-state index is 9.28. The highest BCUT2D eigenvalue weighted by Gasteiger charge is 2.20. The predicted octanol–water partition coefficient (Wildman–Crippen LogP) is 1.78. The van der Waals surface area contributed by atoms with Crippen molar-refractivity contribution in [3.8, 4) is 0 Å². The highest BCUT2D eigenvalue weighted by atomic mass is 16.3. The number of benzene rings is 1. The lowest BCUT2D eigenvalue weighted by Crippen LogP contribution is -2.34. The third-order valence-corrected chi connectivity index (χ3v) is 5.11. The van der Waals surface area contributed by atoms with Gasteiger partial charge in [-0.25, -0.2) is 0 Å². The van der Waals surface area contributed by atoms with Gasteiger partial charge in [0.15, 0.2) is 5.82 Å². The Bertz CT molecular complexity index is 675. The van der Waals surface area contributed by atoms with E-state index in [4.69, 9.17) is 0 Å². The van der Waals surface area contributed by atoms with Gasteiger partial charge in [-0.1, -0.05) is 12.1 Å². The zero-order valence-corrected chi connectivity index (χ0v) is 14.1. The van der Waals surface area contributed by atoms with Crippen molar-refractivity contribution in [3.05, 3.63) is 41.5 Å². The molecular formula is C18H25N5O. The van der Waals surface area contributed by atoms with Gasteiger partial charge in [0, 0.05) is 38.4 Å². The molecule has 3 heterocycles. The van der Waals surface area contributed by atoms with Gasteiger partial charge in [-0.05, 0) is 37.0 Å². The fourth-order valence-electron chi connectivity index (χ4n) is 3.74. The topological polar surface area (TPSA) is 57.4 Å². The maximum atomic E-state index is 9.28. The van der Waals surface area contributed by atoms with E-state index >= 15 is 0 Å². The zero-order valence-electron chi connectivity index (χ0n) is 14.1. The molecule has 1 aromatic heterocycles. The fraction of sp³-hybridized carbons (Fsp3) is 0.556. The molecule has 0 bridgehead atoms. The van der Waals surface area contributed by atoms with Gasteiger partial charge < -0.3 is 14.6 Å². The molecule has 0 aliphatic carbocycles. The molecular weight excluding hydrogens is 302 g/mol. The Labute approximate surface area is 142 Å². The average molecular weight is 327 g/mol. The van der Waals surface area contributed by atoms with Gasteiger partial charge in [0.1, 0.15) is 12.4 Å². The summed E-state index contributed by atoms with van der Waals surface area (Å²) in [7, 11) is 0. The summed E-state index contributed by atoms with van der Waals surface area (Å²) in [4.78, 5) is 4.88. The van der Waals surface area contributed by atoms with Gasteiger partial charge in [-0.15, -0.1) is 10.2 Å². The number of hydrogen-bond donors (Lipinski definition) is 1. The second kappa shape index (κ2) is 6.91. The van der Waals surface area contributed by atoms with Gasteiger partial charge in [0.2, 0.25) is 0 Å². The number of aliphatic hydroxyl groups is 1. The predicted molar refractivity (Wildman–Crippen MR) is 92.6 cm³/mol. The molecule has 2 aromatic rings. The maximum Gasteiger partial charge on any atom is 0.158 e. The Hall–Kier alpha value is -1.92. The van der Waals surface area contributed by atoms with Gasteiger partial charge >= 0.3 is 0 Å². The largest absolute Gasteiger partial charge is 0.388 e. The van der Waals surface area contributed by atoms with E-state index in [1.165, 1.54) is 43.6 Å². The first-order chi connectivity index (χ1) is 11.8. The molecule has 1 N–H and O–H groups in total. The van der Waals surface area contributed by atoms with E-state index in [1.54, 1.807) is 0 Å². The smallest absolute Gasteiger partial charge is 0.158 e. The lowest BCUT2D eigenvalue weighted by atomic mass is 10.1. The lowest BCUT2D eigenvalue weighted by Gasteiger charge is -2.30. The minimum absolute atomic E-state index is 0.0367. The number of hydrogen-bond acceptors (Lipinski definition) is 5. The molecule has 0 unspecified atom stereocenters. The molecule has 0 spiro atoms. The molecule has 4 rings (SSSR count). The summed E-state index contributed by atoms with van der Waals surface area (Å²) in [5, 5.41) is 17.5. The summed E-state index contributed by atoms with van der Waals surface area (Å²) in [6.45, 7) is 5.88. The van der Waals surface area contributed by atoms with Crippen molar-refractivity contribution >= 4 is 5.69 Å². The van der Waals surface area contributed by atoms with E-state index in [0.29, 0.717) is 5.82 Å². The second-order valence-electron chi connectivity index (χ2n) is 6.77. The van der Waals surface area contributed by atoms with Crippen LogP contribution in [0.5, 0.6) is 0 Å². The number of fused-ring (bicyclic) bond motifs is 1. The molecule has 1 aromatic carbocycles. The summed E-state index contributed by atoms with van der Waals surface area (Å²) in [6, 6.07) is 9.03. The second-order valence-corrected chi connectivity index (χ2v) is 6.77. The van der Waals surface area contributed by atoms with Crippen molar-refractivity contribution in [2.45, 2.75) is 45.5 Å². The Morgan fingerprint density at radius 1 is 0.917 bits per heavy atom. The number of piperidine rings is 1. The molecule has 1 saturated heterocycles. The molecule has 2 aliphatic heterocycles. The zero-order chi connectivity index (χ0) is 16.4. The molecule has 6 nitrogen and oxygen atoms in total. The lowest BCUT2D eigenvalue weighted by molar-refractivity contribution is 0.199. The van der Waals surface area contributed by atoms with Crippen LogP contribution in [0.1, 0.15) is 36.5 Å². The van der Waals surface area contributed by atoms with E-state index < -0.39 is 0 Å². The summed E-state index contributed by atoms with van der Waals surface area (Å²) in [5.41, 5.74) is 2.69. The van der Waals surface area contributed by atoms with Crippen molar-refractivity contribution in [3.63, 3.8) is 0 Å². The fourth-order valence-corrected chi connectivity index (χ4v) is 3.74. The number of aromatic nitrogens is 3. The molecule has 0 saturated carbocycles. The molecule has 1 fully saturated rings. The van der Waals surface area contributed by atoms with Crippen LogP contribution in [-0.2, 0) is 26.2 Å². The van der Waals surface area contributed by atoms with E-state index in [0.717, 1.165) is 32.0 Å². The van der Waals surface area contributed by atoms with Crippen molar-refractivity contribution < 1.29 is 5.11 Å². The summed E-state index contributed by atoms with van der Waals surface area (Å²) < 4.78 is 2.04. The Balaban J connectivity index is 1.39. The number of rotatable bonds is 4. The SMILES string of the molecule is OCc1nnc2n1CCN(Cc1ccc(N3CCCCC3)cc1)C2. The summed E-state index contributed by atoms with van der Waals surface area (Å²) in [5.74, 6) is 1.63. The van der Waals surface area contributed by atoms with Crippen LogP contribution in [0.15, 0.2) is 24.3 Å². The van der Waals surface area contributed by atoms with Crippen LogP contribution in [0.25, 0.3) is 0 Å². The monoisotopic (exact) mass is 327 g/mol. The number of anilines is 1. The molecule has 0 amide bonds. The van der Waals surface area contributed by atoms with Crippen molar-refractivity contribution in [2.24, 2.45) is 0 Å². The highest BCUT2D eigenvalue weighted by molar-refractivity contribution is 5.47. The average Bonchev–Trinajstić information content (AvgIpc) is 3.05. The number of nitrogens with zero attached hydrogens (tertiary/aromatic N) is 5. The molecule has 2 aliphatic rings.